The summed E-state index contributed by atoms with van der Waals surface area (Å²) in [5, 5.41) is 0. The van der Waals surface area contributed by atoms with Crippen molar-refractivity contribution >= 4 is 0 Å². The maximum absolute atomic E-state index is 15.3. The van der Waals surface area contributed by atoms with Crippen LogP contribution in [0.4, 0.5) is 8.78 Å². The molecule has 0 bridgehead atoms. The highest BCUT2D eigenvalue weighted by Crippen LogP contribution is 2.49. The molecule has 0 saturated heterocycles. The molecule has 0 amide bonds. The zero-order valence-corrected chi connectivity index (χ0v) is 17.7. The minimum Gasteiger partial charge on any atom is -0.207 e. The van der Waals surface area contributed by atoms with Crippen LogP contribution in [0, 0.1) is 35.3 Å². The summed E-state index contributed by atoms with van der Waals surface area (Å²) in [4.78, 5) is 0. The van der Waals surface area contributed by atoms with Crippen molar-refractivity contribution in [2.45, 2.75) is 90.4 Å². The molecule has 2 saturated carbocycles. The maximum atomic E-state index is 15.3. The molecule has 28 heavy (non-hydrogen) atoms. The third-order valence-corrected chi connectivity index (χ3v) is 8.01. The average Bonchev–Trinajstić information content (AvgIpc) is 2.68. The van der Waals surface area contributed by atoms with E-state index in [2.05, 4.69) is 26.0 Å². The SMILES string of the molecule is C/C=C/CCC1CCC2CC(c3c(F)cc4c(c3F)CCC(C)C4)CCC2C1. The largest absolute Gasteiger partial charge is 0.207 e. The molecule has 3 aliphatic carbocycles. The highest BCUT2D eigenvalue weighted by Gasteiger charge is 2.38. The van der Waals surface area contributed by atoms with Gasteiger partial charge in [-0.05, 0) is 118 Å². The fourth-order valence-corrected chi connectivity index (χ4v) is 6.43. The molecular weight excluding hydrogens is 350 g/mol. The minimum atomic E-state index is -0.270. The molecule has 0 radical (unpaired) electrons. The van der Waals surface area contributed by atoms with Gasteiger partial charge in [0.05, 0.1) is 0 Å². The Kier molecular flexibility index (Phi) is 6.23. The number of allylic oxidation sites excluding steroid dienone is 2. The molecule has 5 atom stereocenters. The number of fused-ring (bicyclic) bond motifs is 2. The zero-order chi connectivity index (χ0) is 19.7. The Morgan fingerprint density at radius 1 is 1.04 bits per heavy atom. The van der Waals surface area contributed by atoms with Crippen molar-refractivity contribution in [2.75, 3.05) is 0 Å². The first-order valence-corrected chi connectivity index (χ1v) is 11.7. The quantitative estimate of drug-likeness (QED) is 0.464. The van der Waals surface area contributed by atoms with E-state index >= 15 is 4.39 Å². The Labute approximate surface area is 169 Å². The molecule has 0 spiro atoms. The van der Waals surface area contributed by atoms with Crippen LogP contribution in [0.5, 0.6) is 0 Å². The van der Waals surface area contributed by atoms with E-state index in [1.54, 1.807) is 6.07 Å². The van der Waals surface area contributed by atoms with Gasteiger partial charge in [0.1, 0.15) is 11.6 Å². The molecule has 154 valence electrons. The van der Waals surface area contributed by atoms with Gasteiger partial charge >= 0.3 is 0 Å². The van der Waals surface area contributed by atoms with Crippen molar-refractivity contribution in [3.05, 3.63) is 46.5 Å². The Morgan fingerprint density at radius 3 is 2.64 bits per heavy atom. The Hall–Kier alpha value is -1.18. The van der Waals surface area contributed by atoms with Gasteiger partial charge in [0, 0.05) is 5.56 Å². The van der Waals surface area contributed by atoms with Gasteiger partial charge in [-0.3, -0.25) is 0 Å². The summed E-state index contributed by atoms with van der Waals surface area (Å²) in [6.45, 7) is 4.28. The first-order valence-electron chi connectivity index (χ1n) is 11.7. The molecule has 1 aromatic rings. The number of hydrogen-bond donors (Lipinski definition) is 0. The molecule has 4 rings (SSSR count). The molecule has 5 unspecified atom stereocenters. The maximum Gasteiger partial charge on any atom is 0.133 e. The van der Waals surface area contributed by atoms with Gasteiger partial charge in [0.25, 0.3) is 0 Å². The van der Waals surface area contributed by atoms with Gasteiger partial charge in [-0.15, -0.1) is 0 Å². The van der Waals surface area contributed by atoms with E-state index in [0.29, 0.717) is 17.4 Å². The standard InChI is InChI=1S/C26H36F2/c1-3-4-5-6-18-8-9-20-15-21(11-10-19(20)14-18)25-24(27)16-22-13-17(2)7-12-23(22)26(25)28/h3-4,16-21H,5-15H2,1-2H3/b4-3+. The van der Waals surface area contributed by atoms with E-state index < -0.39 is 0 Å². The van der Waals surface area contributed by atoms with Gasteiger partial charge in [0.15, 0.2) is 0 Å². The summed E-state index contributed by atoms with van der Waals surface area (Å²) in [6, 6.07) is 1.67. The summed E-state index contributed by atoms with van der Waals surface area (Å²) in [6.07, 6.45) is 16.6. The summed E-state index contributed by atoms with van der Waals surface area (Å²) >= 11 is 0. The number of rotatable bonds is 4. The third kappa shape index (κ3) is 4.07. The van der Waals surface area contributed by atoms with Crippen LogP contribution in [-0.2, 0) is 12.8 Å². The summed E-state index contributed by atoms with van der Waals surface area (Å²) in [5.74, 6) is 2.48. The van der Waals surface area contributed by atoms with Gasteiger partial charge in [0.2, 0.25) is 0 Å². The van der Waals surface area contributed by atoms with Crippen molar-refractivity contribution in [2.24, 2.45) is 23.7 Å². The lowest BCUT2D eigenvalue weighted by Crippen LogP contribution is -2.31. The first-order chi connectivity index (χ1) is 13.6. The molecule has 0 nitrogen and oxygen atoms in total. The zero-order valence-electron chi connectivity index (χ0n) is 17.7. The molecule has 0 heterocycles. The van der Waals surface area contributed by atoms with Crippen LogP contribution < -0.4 is 0 Å². The molecule has 3 aliphatic rings. The van der Waals surface area contributed by atoms with Crippen molar-refractivity contribution in [3.63, 3.8) is 0 Å². The number of benzene rings is 1. The van der Waals surface area contributed by atoms with Crippen molar-refractivity contribution in [3.8, 4) is 0 Å². The van der Waals surface area contributed by atoms with Gasteiger partial charge < -0.3 is 0 Å². The smallest absolute Gasteiger partial charge is 0.133 e. The van der Waals surface area contributed by atoms with E-state index in [-0.39, 0.29) is 17.6 Å². The second kappa shape index (κ2) is 8.67. The Balaban J connectivity index is 1.45. The van der Waals surface area contributed by atoms with Gasteiger partial charge in [-0.1, -0.05) is 25.5 Å². The van der Waals surface area contributed by atoms with E-state index in [9.17, 15) is 4.39 Å². The fourth-order valence-electron chi connectivity index (χ4n) is 6.43. The molecule has 0 N–H and O–H groups in total. The summed E-state index contributed by atoms with van der Waals surface area (Å²) in [7, 11) is 0. The predicted molar refractivity (Wildman–Crippen MR) is 113 cm³/mol. The monoisotopic (exact) mass is 386 g/mol. The van der Waals surface area contributed by atoms with Crippen LogP contribution in [0.3, 0.4) is 0 Å². The molecule has 0 aliphatic heterocycles. The Morgan fingerprint density at radius 2 is 1.82 bits per heavy atom. The molecular formula is C26H36F2. The van der Waals surface area contributed by atoms with Crippen molar-refractivity contribution in [1.29, 1.82) is 0 Å². The number of halogens is 2. The highest BCUT2D eigenvalue weighted by atomic mass is 19.1. The van der Waals surface area contributed by atoms with E-state index in [1.807, 2.05) is 0 Å². The predicted octanol–water partition coefficient (Wildman–Crippen LogP) is 7.75. The molecule has 0 aromatic heterocycles. The van der Waals surface area contributed by atoms with Crippen LogP contribution in [0.25, 0.3) is 0 Å². The first kappa shape index (κ1) is 20.1. The lowest BCUT2D eigenvalue weighted by molar-refractivity contribution is 0.113. The number of hydrogen-bond acceptors (Lipinski definition) is 0. The van der Waals surface area contributed by atoms with Crippen LogP contribution in [0.15, 0.2) is 18.2 Å². The van der Waals surface area contributed by atoms with Crippen LogP contribution in [0.2, 0.25) is 0 Å². The van der Waals surface area contributed by atoms with Gasteiger partial charge in [-0.2, -0.15) is 0 Å². The lowest BCUT2D eigenvalue weighted by atomic mass is 9.63. The fraction of sp³-hybridized carbons (Fsp3) is 0.692. The van der Waals surface area contributed by atoms with Crippen molar-refractivity contribution < 1.29 is 8.78 Å². The van der Waals surface area contributed by atoms with Crippen LogP contribution >= 0.6 is 0 Å². The molecule has 2 fully saturated rings. The van der Waals surface area contributed by atoms with E-state index in [0.717, 1.165) is 61.5 Å². The van der Waals surface area contributed by atoms with Gasteiger partial charge in [-0.25, -0.2) is 8.78 Å². The highest BCUT2D eigenvalue weighted by molar-refractivity contribution is 5.39. The summed E-state index contributed by atoms with van der Waals surface area (Å²) < 4.78 is 30.3. The molecule has 1 aromatic carbocycles. The third-order valence-electron chi connectivity index (χ3n) is 8.01. The topological polar surface area (TPSA) is 0 Å². The second-order valence-corrected chi connectivity index (χ2v) is 9.93. The average molecular weight is 387 g/mol. The van der Waals surface area contributed by atoms with Crippen LogP contribution in [0.1, 0.15) is 94.2 Å². The van der Waals surface area contributed by atoms with E-state index in [1.165, 1.54) is 32.1 Å². The second-order valence-electron chi connectivity index (χ2n) is 9.93. The summed E-state index contributed by atoms with van der Waals surface area (Å²) in [5.41, 5.74) is 2.18. The van der Waals surface area contributed by atoms with Crippen molar-refractivity contribution in [1.82, 2.24) is 0 Å². The van der Waals surface area contributed by atoms with E-state index in [4.69, 9.17) is 0 Å². The molecule has 2 heteroatoms. The van der Waals surface area contributed by atoms with Crippen LogP contribution in [-0.4, -0.2) is 0 Å². The lowest BCUT2D eigenvalue weighted by Gasteiger charge is -2.42. The Bertz CT molecular complexity index is 720. The normalized spacial score (nSPS) is 32.9. The minimum absolute atomic E-state index is 0.0884.